The van der Waals surface area contributed by atoms with Gasteiger partial charge in [-0.15, -0.1) is 0 Å². The number of ether oxygens (including phenoxy) is 2. The Labute approximate surface area is 294 Å². The van der Waals surface area contributed by atoms with E-state index < -0.39 is 74.1 Å². The first-order valence-corrected chi connectivity index (χ1v) is 20.1. The molecule has 4 aliphatic heterocycles. The molecule has 4 aliphatic rings. The van der Waals surface area contributed by atoms with Crippen molar-refractivity contribution in [1.82, 2.24) is 4.90 Å². The first-order chi connectivity index (χ1) is 23.6. The van der Waals surface area contributed by atoms with E-state index in [2.05, 4.69) is 5.32 Å². The zero-order valence-electron chi connectivity index (χ0n) is 27.9. The van der Waals surface area contributed by atoms with E-state index in [1.165, 1.54) is 0 Å². The summed E-state index contributed by atoms with van der Waals surface area (Å²) in [4.78, 5) is 44.1. The molecule has 6 N–H and O–H groups in total. The molecule has 4 heterocycles. The van der Waals surface area contributed by atoms with Gasteiger partial charge in [-0.2, -0.15) is 0 Å². The number of hydrogen-bond acceptors (Lipinski definition) is 10. The molecule has 272 valence electrons. The number of benzene rings is 2. The Balaban J connectivity index is 1.24. The molecule has 50 heavy (non-hydrogen) atoms. The van der Waals surface area contributed by atoms with Gasteiger partial charge in [0.05, 0.1) is 37.4 Å². The van der Waals surface area contributed by atoms with E-state index in [1.807, 2.05) is 0 Å². The zero-order chi connectivity index (χ0) is 36.3. The first-order valence-electron chi connectivity index (χ1n) is 16.7. The zero-order valence-corrected chi connectivity index (χ0v) is 29.7. The van der Waals surface area contributed by atoms with Crippen LogP contribution in [0.4, 0.5) is 15.5 Å². The van der Waals surface area contributed by atoms with Crippen LogP contribution in [0.3, 0.4) is 0 Å². The normalized spacial score (nSPS) is 34.0. The van der Waals surface area contributed by atoms with Crippen molar-refractivity contribution in [1.29, 1.82) is 0 Å². The smallest absolute Gasteiger partial charge is 0.264 e. The molecule has 0 unspecified atom stereocenters. The van der Waals surface area contributed by atoms with Crippen LogP contribution in [0, 0.1) is 5.92 Å². The molecular weight excluding hydrogens is 693 g/mol. The van der Waals surface area contributed by atoms with Crippen LogP contribution in [0.2, 0.25) is 23.7 Å². The second-order valence-corrected chi connectivity index (χ2v) is 18.4. The lowest BCUT2D eigenvalue weighted by molar-refractivity contribution is -0.274. The number of carbonyl (C=O) groups excluding carboxylic acids is 3. The lowest BCUT2D eigenvalue weighted by atomic mass is 9.82. The number of fused-ring (bicyclic) bond motifs is 2. The molecule has 10 atom stereocenters. The van der Waals surface area contributed by atoms with Crippen molar-refractivity contribution in [3.05, 3.63) is 58.6 Å². The Morgan fingerprint density at radius 1 is 1.08 bits per heavy atom. The van der Waals surface area contributed by atoms with E-state index in [4.69, 9.17) is 21.1 Å². The third kappa shape index (κ3) is 6.37. The summed E-state index contributed by atoms with van der Waals surface area (Å²) in [5.74, 6) is -2.14. The van der Waals surface area contributed by atoms with Gasteiger partial charge in [-0.25, -0.2) is 0 Å². The van der Waals surface area contributed by atoms with Gasteiger partial charge in [0.25, 0.3) is 11.8 Å². The lowest BCUT2D eigenvalue weighted by Gasteiger charge is -2.37. The Kier molecular flexibility index (Phi) is 10.2. The average molecular weight is 736 g/mol. The van der Waals surface area contributed by atoms with E-state index in [-0.39, 0.29) is 31.5 Å². The maximum atomic E-state index is 16.2. The van der Waals surface area contributed by atoms with Gasteiger partial charge < -0.3 is 54.2 Å². The molecule has 1 spiro atoms. The molecule has 13 nitrogen and oxygen atoms in total. The van der Waals surface area contributed by atoms with Crippen molar-refractivity contribution < 1.29 is 53.5 Å². The number of nitrogens with one attached hydrogen (secondary N) is 1. The van der Waals surface area contributed by atoms with Gasteiger partial charge in [0, 0.05) is 34.3 Å². The fourth-order valence-electron chi connectivity index (χ4n) is 8.19. The summed E-state index contributed by atoms with van der Waals surface area (Å²) in [6.07, 6.45) is -8.42. The summed E-state index contributed by atoms with van der Waals surface area (Å²) >= 11 is 6.47. The van der Waals surface area contributed by atoms with Gasteiger partial charge in [0.2, 0.25) is 14.3 Å². The minimum Gasteiger partial charge on any atom is -0.394 e. The molecule has 3 fully saturated rings. The summed E-state index contributed by atoms with van der Waals surface area (Å²) in [6.45, 7) is 5.34. The quantitative estimate of drug-likeness (QED) is 0.172. The molecule has 16 heteroatoms. The standard InChI is InChI=1S/C34H43ClFN3O10Si/c1-17-30(50(2,3)36)24(14-25(41)38-12-4-5-21(38)16-40)49-34(17)22-13-19(35)8-11-23(22)39(33(34)47)15-18-6-9-20(10-7-18)37-31(45)29-27(43)26(42)28(44)32(46)48-29/h6-11,13,17,21,24,26-30,32,40,42-44,46H,4-5,12,14-16H2,1-3H3,(H,37,45)/t17-,21+,24+,26+,27+,28-,29+,30-,32-,34+/m1/s1. The predicted octanol–water partition coefficient (Wildman–Crippen LogP) is 1.77. The highest BCUT2D eigenvalue weighted by atomic mass is 35.5. The van der Waals surface area contributed by atoms with E-state index in [0.717, 1.165) is 6.42 Å². The third-order valence-electron chi connectivity index (χ3n) is 10.6. The molecule has 0 radical (unpaired) electrons. The van der Waals surface area contributed by atoms with E-state index in [1.54, 1.807) is 72.3 Å². The Hall–Kier alpha value is -2.99. The van der Waals surface area contributed by atoms with E-state index >= 15 is 4.11 Å². The van der Waals surface area contributed by atoms with Gasteiger partial charge in [0.1, 0.15) is 18.3 Å². The molecule has 2 aromatic carbocycles. The minimum atomic E-state index is -3.53. The molecular formula is C34H43ClFN3O10Si. The van der Waals surface area contributed by atoms with E-state index in [0.29, 0.717) is 40.5 Å². The van der Waals surface area contributed by atoms with Crippen LogP contribution < -0.4 is 10.2 Å². The number of anilines is 2. The van der Waals surface area contributed by atoms with Crippen molar-refractivity contribution in [3.8, 4) is 0 Å². The molecule has 6 rings (SSSR count). The maximum Gasteiger partial charge on any atom is 0.264 e. The van der Waals surface area contributed by atoms with Gasteiger partial charge in [0.15, 0.2) is 18.0 Å². The monoisotopic (exact) mass is 735 g/mol. The number of halogens is 2. The number of hydrogen-bond donors (Lipinski definition) is 6. The van der Waals surface area contributed by atoms with Crippen molar-refractivity contribution in [3.63, 3.8) is 0 Å². The van der Waals surface area contributed by atoms with Crippen molar-refractivity contribution in [2.24, 2.45) is 5.92 Å². The number of likely N-dealkylation sites (tertiary alicyclic amines) is 1. The predicted molar refractivity (Wildman–Crippen MR) is 181 cm³/mol. The molecule has 0 aromatic heterocycles. The number of carbonyl (C=O) groups is 3. The van der Waals surface area contributed by atoms with Crippen LogP contribution >= 0.6 is 11.6 Å². The molecule has 0 aliphatic carbocycles. The van der Waals surface area contributed by atoms with Crippen molar-refractivity contribution in [2.75, 3.05) is 23.4 Å². The van der Waals surface area contributed by atoms with Crippen LogP contribution in [0.25, 0.3) is 0 Å². The molecule has 3 saturated heterocycles. The molecule has 3 amide bonds. The summed E-state index contributed by atoms with van der Waals surface area (Å²) in [7, 11) is -3.53. The topological polar surface area (TPSA) is 189 Å². The van der Waals surface area contributed by atoms with Gasteiger partial charge in [-0.3, -0.25) is 14.4 Å². The summed E-state index contributed by atoms with van der Waals surface area (Å²) in [5.41, 5.74) is -0.297. The van der Waals surface area contributed by atoms with Crippen LogP contribution in [0.5, 0.6) is 0 Å². The second-order valence-electron chi connectivity index (χ2n) is 14.2. The average Bonchev–Trinajstić information content (AvgIpc) is 3.73. The lowest BCUT2D eigenvalue weighted by Crippen LogP contribution is -2.60. The van der Waals surface area contributed by atoms with Crippen LogP contribution in [-0.2, 0) is 36.0 Å². The number of aliphatic hydroxyl groups is 5. The molecule has 0 saturated carbocycles. The second kappa shape index (κ2) is 13.9. The van der Waals surface area contributed by atoms with Gasteiger partial charge in [-0.1, -0.05) is 30.7 Å². The molecule has 0 bridgehead atoms. The summed E-state index contributed by atoms with van der Waals surface area (Å²) < 4.78 is 27.9. The number of aliphatic hydroxyl groups excluding tert-OH is 5. The fourth-order valence-corrected chi connectivity index (χ4v) is 10.9. The van der Waals surface area contributed by atoms with Crippen LogP contribution in [-0.4, -0.2) is 113 Å². The summed E-state index contributed by atoms with van der Waals surface area (Å²) in [5, 5.41) is 52.3. The van der Waals surface area contributed by atoms with Gasteiger partial charge >= 0.3 is 0 Å². The van der Waals surface area contributed by atoms with Crippen molar-refractivity contribution >= 4 is 49.1 Å². The van der Waals surface area contributed by atoms with E-state index in [9.17, 15) is 39.9 Å². The van der Waals surface area contributed by atoms with Crippen LogP contribution in [0.1, 0.15) is 37.3 Å². The molecule has 2 aromatic rings. The first kappa shape index (κ1) is 36.8. The van der Waals surface area contributed by atoms with Crippen molar-refractivity contribution in [2.45, 2.75) is 99.8 Å². The number of amides is 3. The third-order valence-corrected chi connectivity index (χ3v) is 13.3. The number of rotatable bonds is 8. The fraction of sp³-hybridized carbons (Fsp3) is 0.559. The highest BCUT2D eigenvalue weighted by Crippen LogP contribution is 2.60. The SMILES string of the molecule is C[C@@H]1[C@@H]([Si](C)(C)F)[C@H](CC(=O)N2CCC[C@H]2CO)O[C@@]12C(=O)N(Cc1ccc(NC(=O)[C@H]3O[C@@H](O)[C@H](O)[C@@H](O)[C@@H]3O)cc1)c1ccc(Cl)cc12. The van der Waals surface area contributed by atoms with Crippen LogP contribution in [0.15, 0.2) is 42.5 Å². The highest BCUT2D eigenvalue weighted by molar-refractivity contribution is 6.72. The Bertz CT molecular complexity index is 1630. The largest absolute Gasteiger partial charge is 0.394 e. The Morgan fingerprint density at radius 2 is 1.78 bits per heavy atom. The Morgan fingerprint density at radius 3 is 2.44 bits per heavy atom. The van der Waals surface area contributed by atoms with Gasteiger partial charge in [-0.05, 0) is 61.8 Å². The minimum absolute atomic E-state index is 0.0803. The maximum absolute atomic E-state index is 16.2. The highest BCUT2D eigenvalue weighted by Gasteiger charge is 2.67. The number of nitrogens with zero attached hydrogens (tertiary/aromatic N) is 2. The summed E-state index contributed by atoms with van der Waals surface area (Å²) in [6, 6.07) is 11.2.